The highest BCUT2D eigenvalue weighted by Gasteiger charge is 2.21. The van der Waals surface area contributed by atoms with Crippen LogP contribution in [0.15, 0.2) is 21.5 Å². The molecule has 0 aliphatic carbocycles. The molecule has 2 rings (SSSR count). The molecule has 3 N–H and O–H groups in total. The minimum Gasteiger partial charge on any atom is -0.398 e. The van der Waals surface area contributed by atoms with Crippen LogP contribution in [0.25, 0.3) is 0 Å². The smallest absolute Gasteiger partial charge is 0.242 e. The monoisotopic (exact) mass is 366 g/mol. The maximum atomic E-state index is 13.2. The minimum atomic E-state index is -3.75. The number of rotatable bonds is 5. The molecule has 1 aliphatic rings. The lowest BCUT2D eigenvalue weighted by molar-refractivity contribution is 0.105. The number of ether oxygens (including phenoxy) is 1. The molecule has 0 saturated carbocycles. The molecule has 1 atom stereocenters. The second-order valence-corrected chi connectivity index (χ2v) is 7.22. The van der Waals surface area contributed by atoms with Gasteiger partial charge in [-0.05, 0) is 47.3 Å². The van der Waals surface area contributed by atoms with E-state index in [0.717, 1.165) is 25.5 Å². The number of nitrogens with two attached hydrogens (primary N) is 1. The van der Waals surface area contributed by atoms with Crippen LogP contribution in [0.3, 0.4) is 0 Å². The molecule has 1 saturated heterocycles. The van der Waals surface area contributed by atoms with Crippen LogP contribution in [0.4, 0.5) is 10.1 Å². The van der Waals surface area contributed by atoms with Crippen molar-refractivity contribution in [2.24, 2.45) is 0 Å². The summed E-state index contributed by atoms with van der Waals surface area (Å²) in [4.78, 5) is -0.127. The molecule has 0 bridgehead atoms. The van der Waals surface area contributed by atoms with E-state index in [1.165, 1.54) is 6.07 Å². The van der Waals surface area contributed by atoms with Crippen molar-refractivity contribution in [1.29, 1.82) is 0 Å². The van der Waals surface area contributed by atoms with Crippen molar-refractivity contribution in [1.82, 2.24) is 4.72 Å². The maximum absolute atomic E-state index is 13.2. The average Bonchev–Trinajstić information content (AvgIpc) is 2.86. The fourth-order valence-corrected chi connectivity index (χ4v) is 3.76. The number of nitrogen functional groups attached to an aromatic ring is 1. The first kappa shape index (κ1) is 15.7. The zero-order chi connectivity index (χ0) is 14.8. The second kappa shape index (κ2) is 6.38. The Hall–Kier alpha value is -0.700. The third-order valence-electron chi connectivity index (χ3n) is 3.12. The van der Waals surface area contributed by atoms with E-state index in [4.69, 9.17) is 10.5 Å². The van der Waals surface area contributed by atoms with Gasteiger partial charge in [0, 0.05) is 13.2 Å². The molecule has 1 aromatic rings. The van der Waals surface area contributed by atoms with Crippen LogP contribution < -0.4 is 10.5 Å². The van der Waals surface area contributed by atoms with Gasteiger partial charge >= 0.3 is 0 Å². The Bertz CT molecular complexity index is 589. The fourth-order valence-electron chi connectivity index (χ4n) is 2.08. The van der Waals surface area contributed by atoms with Crippen LogP contribution in [0.5, 0.6) is 0 Å². The Morgan fingerprint density at radius 3 is 2.90 bits per heavy atom. The third kappa shape index (κ3) is 3.69. The van der Waals surface area contributed by atoms with Crippen molar-refractivity contribution < 1.29 is 17.5 Å². The molecular weight excluding hydrogens is 351 g/mol. The molecule has 20 heavy (non-hydrogen) atoms. The summed E-state index contributed by atoms with van der Waals surface area (Å²) in [6, 6.07) is 2.15. The number of hydrogen-bond donors (Lipinski definition) is 2. The largest absolute Gasteiger partial charge is 0.398 e. The molecule has 112 valence electrons. The first-order chi connectivity index (χ1) is 9.40. The van der Waals surface area contributed by atoms with E-state index in [0.29, 0.717) is 6.42 Å². The van der Waals surface area contributed by atoms with Gasteiger partial charge in [0.1, 0.15) is 10.7 Å². The van der Waals surface area contributed by atoms with Gasteiger partial charge in [-0.25, -0.2) is 17.5 Å². The molecule has 0 spiro atoms. The van der Waals surface area contributed by atoms with Crippen LogP contribution >= 0.6 is 15.9 Å². The van der Waals surface area contributed by atoms with Gasteiger partial charge in [0.2, 0.25) is 10.0 Å². The standard InChI is InChI=1S/C12H16BrFN2O3S/c13-9-6-12(11(15)7-10(9)14)20(17,18)16-4-3-8-2-1-5-19-8/h6-8,16H,1-5,15H2. The lowest BCUT2D eigenvalue weighted by Gasteiger charge is -2.12. The fraction of sp³-hybridized carbons (Fsp3) is 0.500. The Balaban J connectivity index is 2.04. The van der Waals surface area contributed by atoms with E-state index in [9.17, 15) is 12.8 Å². The predicted octanol–water partition coefficient (Wildman–Crippen LogP) is 2.02. The third-order valence-corrected chi connectivity index (χ3v) is 5.25. The Labute approximate surface area is 125 Å². The second-order valence-electron chi connectivity index (χ2n) is 4.63. The highest BCUT2D eigenvalue weighted by atomic mass is 79.9. The number of sulfonamides is 1. The molecular formula is C12H16BrFN2O3S. The molecule has 8 heteroatoms. The van der Waals surface area contributed by atoms with E-state index in [1.807, 2.05) is 0 Å². The van der Waals surface area contributed by atoms with E-state index in [2.05, 4.69) is 20.7 Å². The molecule has 5 nitrogen and oxygen atoms in total. The lowest BCUT2D eigenvalue weighted by Crippen LogP contribution is -2.28. The van der Waals surface area contributed by atoms with Crippen molar-refractivity contribution in [2.45, 2.75) is 30.3 Å². The molecule has 1 aromatic carbocycles. The number of anilines is 1. The topological polar surface area (TPSA) is 81.4 Å². The average molecular weight is 367 g/mol. The summed E-state index contributed by atoms with van der Waals surface area (Å²) in [6.07, 6.45) is 2.68. The maximum Gasteiger partial charge on any atom is 0.242 e. The first-order valence-electron chi connectivity index (χ1n) is 6.26. The Morgan fingerprint density at radius 2 is 2.25 bits per heavy atom. The number of halogens is 2. The van der Waals surface area contributed by atoms with Crippen LogP contribution in [-0.2, 0) is 14.8 Å². The van der Waals surface area contributed by atoms with Crippen molar-refractivity contribution in [3.63, 3.8) is 0 Å². The minimum absolute atomic E-state index is 0.0613. The van der Waals surface area contributed by atoms with E-state index >= 15 is 0 Å². The lowest BCUT2D eigenvalue weighted by atomic mass is 10.2. The van der Waals surface area contributed by atoms with Gasteiger partial charge in [-0.2, -0.15) is 0 Å². The van der Waals surface area contributed by atoms with Gasteiger partial charge in [-0.15, -0.1) is 0 Å². The van der Waals surface area contributed by atoms with Crippen molar-refractivity contribution in [2.75, 3.05) is 18.9 Å². The molecule has 0 aromatic heterocycles. The summed E-state index contributed by atoms with van der Waals surface area (Å²) in [5.74, 6) is -0.596. The predicted molar refractivity (Wildman–Crippen MR) is 77.3 cm³/mol. The molecule has 1 unspecified atom stereocenters. The van der Waals surface area contributed by atoms with E-state index in [-0.39, 0.29) is 27.7 Å². The SMILES string of the molecule is Nc1cc(F)c(Br)cc1S(=O)(=O)NCCC1CCCO1. The van der Waals surface area contributed by atoms with Gasteiger partial charge in [0.15, 0.2) is 0 Å². The van der Waals surface area contributed by atoms with Crippen LogP contribution in [0.2, 0.25) is 0 Å². The van der Waals surface area contributed by atoms with Gasteiger partial charge in [0.05, 0.1) is 16.3 Å². The van der Waals surface area contributed by atoms with Crippen LogP contribution in [0.1, 0.15) is 19.3 Å². The summed E-state index contributed by atoms with van der Waals surface area (Å²) < 4.78 is 45.4. The van der Waals surface area contributed by atoms with E-state index in [1.54, 1.807) is 0 Å². The molecule has 0 amide bonds. The summed E-state index contributed by atoms with van der Waals surface area (Å²) in [5, 5.41) is 0. The highest BCUT2D eigenvalue weighted by Crippen LogP contribution is 2.26. The summed E-state index contributed by atoms with van der Waals surface area (Å²) >= 11 is 2.95. The quantitative estimate of drug-likeness (QED) is 0.781. The van der Waals surface area contributed by atoms with Gasteiger partial charge in [-0.3, -0.25) is 0 Å². The van der Waals surface area contributed by atoms with Gasteiger partial charge in [-0.1, -0.05) is 0 Å². The number of hydrogen-bond acceptors (Lipinski definition) is 4. The zero-order valence-electron chi connectivity index (χ0n) is 10.7. The molecule has 1 fully saturated rings. The summed E-state index contributed by atoms with van der Waals surface area (Å²) in [7, 11) is -3.75. The normalized spacial score (nSPS) is 19.4. The molecule has 1 aliphatic heterocycles. The summed E-state index contributed by atoms with van der Waals surface area (Å²) in [6.45, 7) is 0.997. The Kier molecular flexibility index (Phi) is 5.00. The first-order valence-corrected chi connectivity index (χ1v) is 8.53. The Morgan fingerprint density at radius 1 is 1.50 bits per heavy atom. The van der Waals surface area contributed by atoms with Crippen molar-refractivity contribution in [3.8, 4) is 0 Å². The molecule has 1 heterocycles. The zero-order valence-corrected chi connectivity index (χ0v) is 13.1. The summed E-state index contributed by atoms with van der Waals surface area (Å²) in [5.41, 5.74) is 5.45. The molecule has 0 radical (unpaired) electrons. The number of nitrogens with one attached hydrogen (secondary N) is 1. The number of benzene rings is 1. The van der Waals surface area contributed by atoms with Crippen LogP contribution in [0, 0.1) is 5.82 Å². The van der Waals surface area contributed by atoms with Gasteiger partial charge < -0.3 is 10.5 Å². The van der Waals surface area contributed by atoms with Gasteiger partial charge in [0.25, 0.3) is 0 Å². The van der Waals surface area contributed by atoms with E-state index < -0.39 is 15.8 Å². The van der Waals surface area contributed by atoms with Crippen molar-refractivity contribution >= 4 is 31.6 Å². The van der Waals surface area contributed by atoms with Crippen molar-refractivity contribution in [3.05, 3.63) is 22.4 Å². The van der Waals surface area contributed by atoms with Crippen LogP contribution in [-0.4, -0.2) is 27.7 Å². The highest BCUT2D eigenvalue weighted by molar-refractivity contribution is 9.10.